The van der Waals surface area contributed by atoms with E-state index in [1.54, 1.807) is 6.92 Å². The first kappa shape index (κ1) is 19.3. The molecular formula is C16H21FN2O5S. The number of carbonyl (C=O) groups is 2. The van der Waals surface area contributed by atoms with Crippen LogP contribution in [0.2, 0.25) is 0 Å². The molecule has 0 aliphatic carbocycles. The van der Waals surface area contributed by atoms with Gasteiger partial charge in [0.25, 0.3) is 5.91 Å². The van der Waals surface area contributed by atoms with Gasteiger partial charge in [0, 0.05) is 12.2 Å². The normalized spacial score (nSPS) is 19.4. The zero-order chi connectivity index (χ0) is 18.8. The summed E-state index contributed by atoms with van der Waals surface area (Å²) in [4.78, 5) is 24.3. The molecule has 0 spiro atoms. The average Bonchev–Trinajstić information content (AvgIpc) is 3.00. The van der Waals surface area contributed by atoms with E-state index >= 15 is 0 Å². The smallest absolute Gasteiger partial charge is 0.325 e. The number of esters is 1. The molecule has 0 bridgehead atoms. The molecule has 1 amide bonds. The average molecular weight is 372 g/mol. The molecule has 1 aromatic carbocycles. The molecule has 0 radical (unpaired) electrons. The molecule has 2 unspecified atom stereocenters. The van der Waals surface area contributed by atoms with Gasteiger partial charge in [0.15, 0.2) is 6.10 Å². The number of sulfonamides is 1. The van der Waals surface area contributed by atoms with Crippen molar-refractivity contribution in [1.29, 1.82) is 0 Å². The van der Waals surface area contributed by atoms with Gasteiger partial charge in [0.05, 0.1) is 6.26 Å². The van der Waals surface area contributed by atoms with Crippen LogP contribution in [0.4, 0.5) is 10.1 Å². The number of aryl methyl sites for hydroxylation is 1. The summed E-state index contributed by atoms with van der Waals surface area (Å²) in [5, 5.41) is 2.46. The zero-order valence-electron chi connectivity index (χ0n) is 14.3. The van der Waals surface area contributed by atoms with Crippen molar-refractivity contribution < 1.29 is 27.1 Å². The van der Waals surface area contributed by atoms with Crippen LogP contribution in [0.15, 0.2) is 18.2 Å². The van der Waals surface area contributed by atoms with E-state index in [9.17, 15) is 22.4 Å². The lowest BCUT2D eigenvalue weighted by Gasteiger charge is -2.22. The molecule has 0 aromatic heterocycles. The molecule has 1 saturated heterocycles. The molecule has 1 fully saturated rings. The van der Waals surface area contributed by atoms with Gasteiger partial charge in [-0.1, -0.05) is 6.07 Å². The maximum Gasteiger partial charge on any atom is 0.325 e. The molecule has 1 heterocycles. The van der Waals surface area contributed by atoms with E-state index < -0.39 is 39.9 Å². The predicted octanol–water partition coefficient (Wildman–Crippen LogP) is 1.43. The van der Waals surface area contributed by atoms with Gasteiger partial charge in [-0.05, 0) is 44.4 Å². The molecule has 2 rings (SSSR count). The van der Waals surface area contributed by atoms with Gasteiger partial charge < -0.3 is 10.1 Å². The Morgan fingerprint density at radius 3 is 2.68 bits per heavy atom. The van der Waals surface area contributed by atoms with Gasteiger partial charge in [-0.25, -0.2) is 12.8 Å². The quantitative estimate of drug-likeness (QED) is 0.790. The number of nitrogens with zero attached hydrogens (tertiary/aromatic N) is 1. The van der Waals surface area contributed by atoms with Gasteiger partial charge in [-0.15, -0.1) is 0 Å². The van der Waals surface area contributed by atoms with Crippen LogP contribution >= 0.6 is 0 Å². The van der Waals surface area contributed by atoms with E-state index in [-0.39, 0.29) is 12.2 Å². The largest absolute Gasteiger partial charge is 0.451 e. The van der Waals surface area contributed by atoms with Crippen LogP contribution in [0.1, 0.15) is 25.3 Å². The fraction of sp³-hybridized carbons (Fsp3) is 0.500. The molecule has 1 N–H and O–H groups in total. The standard InChI is InChI=1S/C16H21FN2O5S/c1-10-6-7-12(9-13(10)17)18-15(20)11(2)24-16(21)14-5-4-8-19(14)25(3,22)23/h6-7,9,11,14H,4-5,8H2,1-3H3,(H,18,20). The summed E-state index contributed by atoms with van der Waals surface area (Å²) in [7, 11) is -3.52. The second-order valence-corrected chi connectivity index (χ2v) is 8.00. The molecule has 25 heavy (non-hydrogen) atoms. The van der Waals surface area contributed by atoms with E-state index in [2.05, 4.69) is 5.32 Å². The lowest BCUT2D eigenvalue weighted by molar-refractivity contribution is -0.156. The van der Waals surface area contributed by atoms with Gasteiger partial charge in [0.1, 0.15) is 11.9 Å². The number of benzene rings is 1. The van der Waals surface area contributed by atoms with Crippen LogP contribution in [0.5, 0.6) is 0 Å². The Hall–Kier alpha value is -2.00. The zero-order valence-corrected chi connectivity index (χ0v) is 15.1. The minimum Gasteiger partial charge on any atom is -0.451 e. The molecule has 1 aliphatic heterocycles. The van der Waals surface area contributed by atoms with E-state index in [0.29, 0.717) is 18.4 Å². The number of ether oxygens (including phenoxy) is 1. The van der Waals surface area contributed by atoms with Gasteiger partial charge in [-0.3, -0.25) is 9.59 Å². The molecule has 0 saturated carbocycles. The first-order valence-electron chi connectivity index (χ1n) is 7.84. The molecule has 1 aromatic rings. The van der Waals surface area contributed by atoms with Crippen molar-refractivity contribution in [3.63, 3.8) is 0 Å². The minimum atomic E-state index is -3.52. The second kappa shape index (κ2) is 7.49. The van der Waals surface area contributed by atoms with E-state index in [1.165, 1.54) is 25.1 Å². The van der Waals surface area contributed by atoms with Crippen molar-refractivity contribution in [1.82, 2.24) is 4.31 Å². The lowest BCUT2D eigenvalue weighted by Crippen LogP contribution is -2.43. The summed E-state index contributed by atoms with van der Waals surface area (Å²) in [6, 6.07) is 3.31. The van der Waals surface area contributed by atoms with Crippen LogP contribution in [0, 0.1) is 12.7 Å². The van der Waals surface area contributed by atoms with Crippen molar-refractivity contribution in [2.24, 2.45) is 0 Å². The Balaban J connectivity index is 1.98. The maximum absolute atomic E-state index is 13.5. The van der Waals surface area contributed by atoms with Crippen molar-refractivity contribution in [3.05, 3.63) is 29.6 Å². The Kier molecular flexibility index (Phi) is 5.79. The lowest BCUT2D eigenvalue weighted by atomic mass is 10.2. The number of rotatable bonds is 5. The Labute approximate surface area is 146 Å². The van der Waals surface area contributed by atoms with Crippen LogP contribution in [-0.4, -0.2) is 49.5 Å². The molecule has 2 atom stereocenters. The maximum atomic E-state index is 13.5. The summed E-state index contributed by atoms with van der Waals surface area (Å²) >= 11 is 0. The van der Waals surface area contributed by atoms with E-state index in [0.717, 1.165) is 10.6 Å². The highest BCUT2D eigenvalue weighted by atomic mass is 32.2. The number of hydrogen-bond acceptors (Lipinski definition) is 5. The van der Waals surface area contributed by atoms with Crippen molar-refractivity contribution in [2.45, 2.75) is 38.8 Å². The Bertz CT molecular complexity index is 781. The molecule has 9 heteroatoms. The number of amides is 1. The third-order valence-electron chi connectivity index (χ3n) is 4.00. The summed E-state index contributed by atoms with van der Waals surface area (Å²) in [6.07, 6.45) is 0.791. The first-order valence-corrected chi connectivity index (χ1v) is 9.68. The summed E-state index contributed by atoms with van der Waals surface area (Å²) in [5.74, 6) is -1.85. The first-order chi connectivity index (χ1) is 11.6. The van der Waals surface area contributed by atoms with Crippen LogP contribution < -0.4 is 5.32 Å². The van der Waals surface area contributed by atoms with Crippen LogP contribution in [-0.2, 0) is 24.3 Å². The molecular weight excluding hydrogens is 351 g/mol. The van der Waals surface area contributed by atoms with Crippen molar-refractivity contribution in [3.8, 4) is 0 Å². The molecule has 1 aliphatic rings. The Morgan fingerprint density at radius 2 is 2.08 bits per heavy atom. The fourth-order valence-corrected chi connectivity index (χ4v) is 3.71. The second-order valence-electron chi connectivity index (χ2n) is 6.06. The minimum absolute atomic E-state index is 0.245. The summed E-state index contributed by atoms with van der Waals surface area (Å²) < 4.78 is 43.0. The highest BCUT2D eigenvalue weighted by Crippen LogP contribution is 2.22. The Morgan fingerprint density at radius 1 is 1.40 bits per heavy atom. The molecule has 138 valence electrons. The topological polar surface area (TPSA) is 92.8 Å². The van der Waals surface area contributed by atoms with Gasteiger partial charge in [-0.2, -0.15) is 4.31 Å². The fourth-order valence-electron chi connectivity index (χ4n) is 2.59. The van der Waals surface area contributed by atoms with Crippen molar-refractivity contribution >= 4 is 27.6 Å². The third-order valence-corrected chi connectivity index (χ3v) is 5.29. The van der Waals surface area contributed by atoms with Gasteiger partial charge in [0.2, 0.25) is 10.0 Å². The number of carbonyl (C=O) groups excluding carboxylic acids is 2. The monoisotopic (exact) mass is 372 g/mol. The van der Waals surface area contributed by atoms with E-state index in [1.807, 2.05) is 0 Å². The summed E-state index contributed by atoms with van der Waals surface area (Å²) in [6.45, 7) is 3.22. The summed E-state index contributed by atoms with van der Waals surface area (Å²) in [5.41, 5.74) is 0.689. The highest BCUT2D eigenvalue weighted by Gasteiger charge is 2.38. The SMILES string of the molecule is Cc1ccc(NC(=O)C(C)OC(=O)C2CCCN2S(C)(=O)=O)cc1F. The third kappa shape index (κ3) is 4.76. The predicted molar refractivity (Wildman–Crippen MR) is 89.9 cm³/mol. The van der Waals surface area contributed by atoms with E-state index in [4.69, 9.17) is 4.74 Å². The highest BCUT2D eigenvalue weighted by molar-refractivity contribution is 7.88. The molecule has 7 nitrogen and oxygen atoms in total. The van der Waals surface area contributed by atoms with Crippen LogP contribution in [0.25, 0.3) is 0 Å². The number of hydrogen-bond donors (Lipinski definition) is 1. The number of nitrogens with one attached hydrogen (secondary N) is 1. The van der Waals surface area contributed by atoms with Crippen LogP contribution in [0.3, 0.4) is 0 Å². The van der Waals surface area contributed by atoms with Gasteiger partial charge >= 0.3 is 5.97 Å². The number of anilines is 1. The number of halogens is 1. The van der Waals surface area contributed by atoms with Crippen molar-refractivity contribution in [2.75, 3.05) is 18.1 Å².